The zero-order chi connectivity index (χ0) is 18.8. The van der Waals surface area contributed by atoms with Crippen LogP contribution in [-0.2, 0) is 4.79 Å². The van der Waals surface area contributed by atoms with Crippen molar-refractivity contribution in [3.05, 3.63) is 52.5 Å². The first-order valence-electron chi connectivity index (χ1n) is 9.11. The Hall–Kier alpha value is -3.09. The molecule has 0 unspecified atom stereocenters. The maximum atomic E-state index is 12.3. The number of amides is 1. The summed E-state index contributed by atoms with van der Waals surface area (Å²) in [5.74, 6) is 0.895. The number of aromatic nitrogens is 2. The van der Waals surface area contributed by atoms with Gasteiger partial charge in [-0.1, -0.05) is 12.8 Å². The van der Waals surface area contributed by atoms with Crippen LogP contribution in [0.5, 0.6) is 5.75 Å². The Morgan fingerprint density at radius 2 is 2.11 bits per heavy atom. The molecule has 0 aliphatic heterocycles. The molecule has 3 aromatic rings. The highest BCUT2D eigenvalue weighted by atomic mass is 16.5. The number of fused-ring (bicyclic) bond motifs is 1. The van der Waals surface area contributed by atoms with E-state index in [1.54, 1.807) is 24.4 Å². The van der Waals surface area contributed by atoms with E-state index in [0.717, 1.165) is 23.8 Å². The molecule has 1 saturated carbocycles. The van der Waals surface area contributed by atoms with Gasteiger partial charge in [0.15, 0.2) is 6.61 Å². The molecule has 1 fully saturated rings. The Balaban J connectivity index is 1.42. The summed E-state index contributed by atoms with van der Waals surface area (Å²) in [6.45, 7) is 1.71. The number of nitrogens with zero attached hydrogens (tertiary/aromatic N) is 2. The first-order valence-corrected chi connectivity index (χ1v) is 9.11. The molecular formula is C20H21N3O4. The molecule has 0 spiro atoms. The summed E-state index contributed by atoms with van der Waals surface area (Å²) in [5, 5.41) is 8.04. The average molecular weight is 367 g/mol. The molecule has 7 nitrogen and oxygen atoms in total. The second kappa shape index (κ2) is 7.26. The maximum absolute atomic E-state index is 12.3. The smallest absolute Gasteiger partial charge is 0.336 e. The molecule has 0 bridgehead atoms. The topological polar surface area (TPSA) is 86.4 Å². The van der Waals surface area contributed by atoms with E-state index in [2.05, 4.69) is 10.4 Å². The van der Waals surface area contributed by atoms with Gasteiger partial charge in [0.05, 0.1) is 12.2 Å². The monoisotopic (exact) mass is 367 g/mol. The lowest BCUT2D eigenvalue weighted by molar-refractivity contribution is -0.118. The average Bonchev–Trinajstić information content (AvgIpc) is 3.30. The molecule has 2 heterocycles. The third kappa shape index (κ3) is 3.72. The zero-order valence-electron chi connectivity index (χ0n) is 15.1. The molecule has 1 aliphatic carbocycles. The second-order valence-electron chi connectivity index (χ2n) is 6.84. The van der Waals surface area contributed by atoms with Crippen LogP contribution in [0.1, 0.15) is 37.3 Å². The van der Waals surface area contributed by atoms with Crippen molar-refractivity contribution in [2.75, 3.05) is 11.9 Å². The van der Waals surface area contributed by atoms with Crippen LogP contribution in [-0.4, -0.2) is 22.3 Å². The third-order valence-corrected chi connectivity index (χ3v) is 4.90. The van der Waals surface area contributed by atoms with Gasteiger partial charge >= 0.3 is 5.63 Å². The zero-order valence-corrected chi connectivity index (χ0v) is 15.1. The molecule has 1 N–H and O–H groups in total. The van der Waals surface area contributed by atoms with Crippen molar-refractivity contribution in [3.8, 4) is 5.75 Å². The van der Waals surface area contributed by atoms with Crippen LogP contribution in [0.2, 0.25) is 0 Å². The molecule has 2 aromatic heterocycles. The van der Waals surface area contributed by atoms with Crippen molar-refractivity contribution >= 4 is 22.7 Å². The normalized spacial score (nSPS) is 14.6. The number of anilines is 1. The molecule has 140 valence electrons. The third-order valence-electron chi connectivity index (χ3n) is 4.90. The summed E-state index contributed by atoms with van der Waals surface area (Å²) < 4.78 is 12.7. The number of hydrogen-bond acceptors (Lipinski definition) is 5. The number of nitrogens with one attached hydrogen (secondary N) is 1. The van der Waals surface area contributed by atoms with Gasteiger partial charge in [0.1, 0.15) is 17.2 Å². The van der Waals surface area contributed by atoms with Gasteiger partial charge in [-0.25, -0.2) is 9.48 Å². The lowest BCUT2D eigenvalue weighted by atomic mass is 10.1. The van der Waals surface area contributed by atoms with Crippen LogP contribution in [0.15, 0.2) is 45.7 Å². The fourth-order valence-corrected chi connectivity index (χ4v) is 3.58. The molecule has 4 rings (SSSR count). The van der Waals surface area contributed by atoms with E-state index in [-0.39, 0.29) is 12.5 Å². The molecule has 7 heteroatoms. The number of carbonyl (C=O) groups excluding carboxylic acids is 1. The summed E-state index contributed by atoms with van der Waals surface area (Å²) in [7, 11) is 0. The van der Waals surface area contributed by atoms with Crippen molar-refractivity contribution in [1.29, 1.82) is 0 Å². The minimum atomic E-state index is -0.407. The maximum Gasteiger partial charge on any atom is 0.336 e. The van der Waals surface area contributed by atoms with Crippen molar-refractivity contribution in [3.63, 3.8) is 0 Å². The fraction of sp³-hybridized carbons (Fsp3) is 0.350. The van der Waals surface area contributed by atoms with E-state index >= 15 is 0 Å². The number of aryl methyl sites for hydroxylation is 1. The molecule has 1 aromatic carbocycles. The second-order valence-corrected chi connectivity index (χ2v) is 6.84. The predicted molar refractivity (Wildman–Crippen MR) is 101 cm³/mol. The van der Waals surface area contributed by atoms with Crippen molar-refractivity contribution < 1.29 is 13.9 Å². The number of ether oxygens (including phenoxy) is 1. The Morgan fingerprint density at radius 3 is 2.93 bits per heavy atom. The molecule has 1 aliphatic rings. The van der Waals surface area contributed by atoms with Gasteiger partial charge in [-0.3, -0.25) is 4.79 Å². The van der Waals surface area contributed by atoms with Crippen LogP contribution < -0.4 is 15.7 Å². The van der Waals surface area contributed by atoms with Crippen molar-refractivity contribution in [1.82, 2.24) is 9.78 Å². The highest BCUT2D eigenvalue weighted by Gasteiger charge is 2.20. The SMILES string of the molecule is Cc1cc(=O)oc2cc(OCC(=O)Nc3ccnn3C3CCCC3)ccc12. The lowest BCUT2D eigenvalue weighted by Crippen LogP contribution is -2.23. The van der Waals surface area contributed by atoms with Gasteiger partial charge in [-0.15, -0.1) is 0 Å². The molecule has 0 saturated heterocycles. The predicted octanol–water partition coefficient (Wildman–Crippen LogP) is 3.43. The van der Waals surface area contributed by atoms with E-state index in [4.69, 9.17) is 9.15 Å². The molecule has 1 amide bonds. The van der Waals surface area contributed by atoms with Crippen LogP contribution in [0, 0.1) is 6.92 Å². The van der Waals surface area contributed by atoms with Gasteiger partial charge in [0, 0.05) is 23.6 Å². The quantitative estimate of drug-likeness (QED) is 0.698. The Morgan fingerprint density at radius 1 is 1.30 bits per heavy atom. The fourth-order valence-electron chi connectivity index (χ4n) is 3.58. The number of hydrogen-bond donors (Lipinski definition) is 1. The number of benzene rings is 1. The highest BCUT2D eigenvalue weighted by molar-refractivity contribution is 5.91. The van der Waals surface area contributed by atoms with Crippen LogP contribution in [0.4, 0.5) is 5.82 Å². The Bertz CT molecular complexity index is 1030. The highest BCUT2D eigenvalue weighted by Crippen LogP contribution is 2.31. The van der Waals surface area contributed by atoms with Crippen LogP contribution in [0.25, 0.3) is 11.0 Å². The first kappa shape index (κ1) is 17.3. The molecule has 27 heavy (non-hydrogen) atoms. The first-order chi connectivity index (χ1) is 13.1. The standard InChI is InChI=1S/C20H21N3O4/c1-13-10-20(25)27-17-11-15(6-7-16(13)17)26-12-19(24)22-18-8-9-21-23(18)14-4-2-3-5-14/h6-11,14H,2-5,12H2,1H3,(H,22,24). The summed E-state index contributed by atoms with van der Waals surface area (Å²) >= 11 is 0. The minimum Gasteiger partial charge on any atom is -0.484 e. The van der Waals surface area contributed by atoms with Crippen molar-refractivity contribution in [2.45, 2.75) is 38.6 Å². The van der Waals surface area contributed by atoms with Gasteiger partial charge in [0.25, 0.3) is 5.91 Å². The summed E-state index contributed by atoms with van der Waals surface area (Å²) in [5.41, 5.74) is 0.873. The largest absolute Gasteiger partial charge is 0.484 e. The molecule has 0 atom stereocenters. The van der Waals surface area contributed by atoms with Gasteiger partial charge in [-0.05, 0) is 37.5 Å². The van der Waals surface area contributed by atoms with Crippen LogP contribution in [0.3, 0.4) is 0 Å². The number of rotatable bonds is 5. The van der Waals surface area contributed by atoms with Crippen molar-refractivity contribution in [2.24, 2.45) is 0 Å². The van der Waals surface area contributed by atoms with Gasteiger partial charge < -0.3 is 14.5 Å². The molecular weight excluding hydrogens is 346 g/mol. The van der Waals surface area contributed by atoms with Gasteiger partial charge in [-0.2, -0.15) is 5.10 Å². The minimum absolute atomic E-state index is 0.141. The lowest BCUT2D eigenvalue weighted by Gasteiger charge is -2.15. The Kier molecular flexibility index (Phi) is 4.66. The number of carbonyl (C=O) groups is 1. The van der Waals surface area contributed by atoms with E-state index in [9.17, 15) is 9.59 Å². The summed E-state index contributed by atoms with van der Waals surface area (Å²) in [6.07, 6.45) is 6.26. The van der Waals surface area contributed by atoms with Gasteiger partial charge in [0.2, 0.25) is 0 Å². The van der Waals surface area contributed by atoms with E-state index < -0.39 is 5.63 Å². The van der Waals surface area contributed by atoms with E-state index in [0.29, 0.717) is 23.2 Å². The van der Waals surface area contributed by atoms with Crippen LogP contribution >= 0.6 is 0 Å². The summed E-state index contributed by atoms with van der Waals surface area (Å²) in [4.78, 5) is 23.8. The summed E-state index contributed by atoms with van der Waals surface area (Å²) in [6, 6.07) is 8.79. The molecule has 0 radical (unpaired) electrons. The van der Waals surface area contributed by atoms with E-state index in [1.807, 2.05) is 17.7 Å². The Labute approximate surface area is 155 Å². The van der Waals surface area contributed by atoms with E-state index in [1.165, 1.54) is 18.9 Å².